The highest BCUT2D eigenvalue weighted by atomic mass is 35.5. The molecule has 108 valence electrons. The number of hydrogen-bond acceptors (Lipinski definition) is 5. The smallest absolute Gasteiger partial charge is 0.240 e. The van der Waals surface area contributed by atoms with Crippen LogP contribution in [0.2, 0.25) is 5.02 Å². The summed E-state index contributed by atoms with van der Waals surface area (Å²) in [7, 11) is -1.87. The summed E-state index contributed by atoms with van der Waals surface area (Å²) in [5.41, 5.74) is 5.82. The van der Waals surface area contributed by atoms with Gasteiger partial charge in [0.2, 0.25) is 10.0 Å². The molecule has 0 spiro atoms. The summed E-state index contributed by atoms with van der Waals surface area (Å²) in [6, 6.07) is 4.18. The van der Waals surface area contributed by atoms with Crippen molar-refractivity contribution in [3.05, 3.63) is 35.4 Å². The average molecular weight is 316 g/mol. The van der Waals surface area contributed by atoms with Gasteiger partial charge in [0.1, 0.15) is 6.33 Å². The number of benzene rings is 1. The summed E-state index contributed by atoms with van der Waals surface area (Å²) >= 11 is 5.76. The molecule has 2 aromatic rings. The van der Waals surface area contributed by atoms with Crippen molar-refractivity contribution in [2.45, 2.75) is 11.3 Å². The lowest BCUT2D eigenvalue weighted by molar-refractivity contribution is 0.580. The molecule has 0 amide bonds. The standard InChI is InChI=1S/C11H14ClN5O2S/c1-17-7-14-11(16-17)4-5-15-20(18,19)8-2-3-9(12)10(13)6-8/h2-3,6-7,15H,4-5,13H2,1H3. The van der Waals surface area contributed by atoms with Gasteiger partial charge in [0.05, 0.1) is 15.6 Å². The molecular weight excluding hydrogens is 302 g/mol. The molecule has 3 N–H and O–H groups in total. The average Bonchev–Trinajstić information content (AvgIpc) is 2.78. The third-order valence-electron chi connectivity index (χ3n) is 2.57. The maximum absolute atomic E-state index is 12.0. The van der Waals surface area contributed by atoms with E-state index in [1.807, 2.05) is 0 Å². The Morgan fingerprint density at radius 3 is 2.80 bits per heavy atom. The zero-order valence-corrected chi connectivity index (χ0v) is 12.3. The Kier molecular flexibility index (Phi) is 4.26. The molecule has 1 heterocycles. The maximum atomic E-state index is 12.0. The van der Waals surface area contributed by atoms with E-state index in [1.54, 1.807) is 18.1 Å². The van der Waals surface area contributed by atoms with Crippen LogP contribution in [0, 0.1) is 0 Å². The number of hydrogen-bond donors (Lipinski definition) is 2. The van der Waals surface area contributed by atoms with E-state index >= 15 is 0 Å². The predicted molar refractivity (Wildman–Crippen MR) is 75.8 cm³/mol. The van der Waals surface area contributed by atoms with Crippen LogP contribution in [-0.2, 0) is 23.5 Å². The van der Waals surface area contributed by atoms with Crippen LogP contribution >= 0.6 is 11.6 Å². The van der Waals surface area contributed by atoms with E-state index in [9.17, 15) is 8.42 Å². The largest absolute Gasteiger partial charge is 0.397 e. The molecular formula is C11H14ClN5O2S. The lowest BCUT2D eigenvalue weighted by atomic mass is 10.3. The number of nitrogen functional groups attached to an aromatic ring is 1. The molecule has 0 bridgehead atoms. The number of aromatic nitrogens is 3. The van der Waals surface area contributed by atoms with E-state index in [-0.39, 0.29) is 17.1 Å². The second-order valence-electron chi connectivity index (χ2n) is 4.17. The summed E-state index contributed by atoms with van der Waals surface area (Å²) in [6.45, 7) is 0.203. The first-order chi connectivity index (χ1) is 9.38. The SMILES string of the molecule is Cn1cnc(CCNS(=O)(=O)c2ccc(Cl)c(N)c2)n1. The van der Waals surface area contributed by atoms with Crippen LogP contribution in [0.4, 0.5) is 5.69 Å². The zero-order valence-electron chi connectivity index (χ0n) is 10.7. The van der Waals surface area contributed by atoms with E-state index in [4.69, 9.17) is 17.3 Å². The Morgan fingerprint density at radius 1 is 1.45 bits per heavy atom. The minimum absolute atomic E-state index is 0.0772. The molecule has 0 aliphatic carbocycles. The van der Waals surface area contributed by atoms with Crippen molar-refractivity contribution in [2.75, 3.05) is 12.3 Å². The van der Waals surface area contributed by atoms with Gasteiger partial charge >= 0.3 is 0 Å². The van der Waals surface area contributed by atoms with Crippen LogP contribution in [0.5, 0.6) is 0 Å². The Bertz CT molecular complexity index is 713. The summed E-state index contributed by atoms with van der Waals surface area (Å²) in [6.07, 6.45) is 1.97. The number of aryl methyl sites for hydroxylation is 1. The molecule has 0 aliphatic heterocycles. The van der Waals surface area contributed by atoms with Crippen LogP contribution in [0.3, 0.4) is 0 Å². The number of nitrogens with zero attached hydrogens (tertiary/aromatic N) is 3. The second-order valence-corrected chi connectivity index (χ2v) is 6.34. The molecule has 1 aromatic heterocycles. The molecule has 0 atom stereocenters. The van der Waals surface area contributed by atoms with Crippen LogP contribution in [0.25, 0.3) is 0 Å². The number of rotatable bonds is 5. The highest BCUT2D eigenvalue weighted by Crippen LogP contribution is 2.21. The molecule has 7 nitrogen and oxygen atoms in total. The molecule has 1 aromatic carbocycles. The van der Waals surface area contributed by atoms with E-state index in [0.29, 0.717) is 17.3 Å². The molecule has 0 saturated heterocycles. The van der Waals surface area contributed by atoms with E-state index in [2.05, 4.69) is 14.8 Å². The maximum Gasteiger partial charge on any atom is 0.240 e. The van der Waals surface area contributed by atoms with Crippen LogP contribution in [0.15, 0.2) is 29.4 Å². The lowest BCUT2D eigenvalue weighted by Crippen LogP contribution is -2.26. The molecule has 9 heteroatoms. The first-order valence-electron chi connectivity index (χ1n) is 5.78. The van der Waals surface area contributed by atoms with Gasteiger partial charge in [0.15, 0.2) is 5.82 Å². The van der Waals surface area contributed by atoms with Crippen molar-refractivity contribution in [3.63, 3.8) is 0 Å². The Labute approximate surface area is 121 Å². The molecule has 20 heavy (non-hydrogen) atoms. The number of nitrogens with one attached hydrogen (secondary N) is 1. The van der Waals surface area contributed by atoms with Gasteiger partial charge in [-0.05, 0) is 18.2 Å². The van der Waals surface area contributed by atoms with Crippen molar-refractivity contribution in [1.82, 2.24) is 19.5 Å². The summed E-state index contributed by atoms with van der Waals surface area (Å²) in [5, 5.41) is 4.38. The molecule has 0 saturated carbocycles. The Morgan fingerprint density at radius 2 is 2.20 bits per heavy atom. The van der Waals surface area contributed by atoms with Gasteiger partial charge in [-0.15, -0.1) is 0 Å². The van der Waals surface area contributed by atoms with Crippen molar-refractivity contribution < 1.29 is 8.42 Å². The molecule has 0 radical (unpaired) electrons. The van der Waals surface area contributed by atoms with Gasteiger partial charge in [0.25, 0.3) is 0 Å². The van der Waals surface area contributed by atoms with Crippen LogP contribution < -0.4 is 10.5 Å². The molecule has 0 fully saturated rings. The number of nitrogens with two attached hydrogens (primary N) is 1. The van der Waals surface area contributed by atoms with E-state index in [1.165, 1.54) is 18.2 Å². The fourth-order valence-electron chi connectivity index (χ4n) is 1.57. The van der Waals surface area contributed by atoms with Gasteiger partial charge in [-0.3, -0.25) is 4.68 Å². The predicted octanol–water partition coefficient (Wildman–Crippen LogP) is 0.572. The molecule has 2 rings (SSSR count). The van der Waals surface area contributed by atoms with E-state index < -0.39 is 10.0 Å². The van der Waals surface area contributed by atoms with Crippen molar-refractivity contribution in [3.8, 4) is 0 Å². The first kappa shape index (κ1) is 14.8. The van der Waals surface area contributed by atoms with Gasteiger partial charge in [0, 0.05) is 20.0 Å². The quantitative estimate of drug-likeness (QED) is 0.785. The highest BCUT2D eigenvalue weighted by molar-refractivity contribution is 7.89. The Balaban J connectivity index is 2.02. The van der Waals surface area contributed by atoms with Gasteiger partial charge in [-0.2, -0.15) is 5.10 Å². The third-order valence-corrected chi connectivity index (χ3v) is 4.37. The number of sulfonamides is 1. The third kappa shape index (κ3) is 3.47. The molecule has 0 unspecified atom stereocenters. The number of halogens is 1. The van der Waals surface area contributed by atoms with Gasteiger partial charge in [-0.1, -0.05) is 11.6 Å². The highest BCUT2D eigenvalue weighted by Gasteiger charge is 2.15. The lowest BCUT2D eigenvalue weighted by Gasteiger charge is -2.07. The normalized spacial score (nSPS) is 11.7. The fraction of sp³-hybridized carbons (Fsp3) is 0.273. The fourth-order valence-corrected chi connectivity index (χ4v) is 2.75. The van der Waals surface area contributed by atoms with Crippen molar-refractivity contribution in [2.24, 2.45) is 7.05 Å². The topological polar surface area (TPSA) is 103 Å². The van der Waals surface area contributed by atoms with Gasteiger partial charge < -0.3 is 5.73 Å². The molecule has 0 aliphatic rings. The Hall–Kier alpha value is -1.64. The van der Waals surface area contributed by atoms with Crippen LogP contribution in [0.1, 0.15) is 5.82 Å². The zero-order chi connectivity index (χ0) is 14.8. The minimum Gasteiger partial charge on any atom is -0.397 e. The summed E-state index contributed by atoms with van der Waals surface area (Å²) in [4.78, 5) is 4.09. The van der Waals surface area contributed by atoms with Crippen LogP contribution in [-0.4, -0.2) is 29.7 Å². The number of anilines is 1. The van der Waals surface area contributed by atoms with Crippen molar-refractivity contribution >= 4 is 27.3 Å². The summed E-state index contributed by atoms with van der Waals surface area (Å²) < 4.78 is 28.1. The van der Waals surface area contributed by atoms with Crippen molar-refractivity contribution in [1.29, 1.82) is 0 Å². The second kappa shape index (κ2) is 5.78. The van der Waals surface area contributed by atoms with E-state index in [0.717, 1.165) is 0 Å². The summed E-state index contributed by atoms with van der Waals surface area (Å²) in [5.74, 6) is 0.575. The first-order valence-corrected chi connectivity index (χ1v) is 7.64. The van der Waals surface area contributed by atoms with Gasteiger partial charge in [-0.25, -0.2) is 18.1 Å². The minimum atomic E-state index is -3.61. The monoisotopic (exact) mass is 315 g/mol.